The lowest BCUT2D eigenvalue weighted by Gasteiger charge is -2.38. The van der Waals surface area contributed by atoms with Crippen LogP contribution in [-0.4, -0.2) is 86.1 Å². The summed E-state index contributed by atoms with van der Waals surface area (Å²) in [7, 11) is 1.94. The Morgan fingerprint density at radius 1 is 1.08 bits per heavy atom. The molecule has 1 atom stereocenters. The first-order valence-corrected chi connectivity index (χ1v) is 10.1. The van der Waals surface area contributed by atoms with E-state index in [1.807, 2.05) is 7.05 Å². The largest absolute Gasteiger partial charge is 0.355 e. The average Bonchev–Trinajstić information content (AvgIpc) is 3.26. The molecule has 1 unspecified atom stereocenters. The molecule has 1 saturated carbocycles. The summed E-state index contributed by atoms with van der Waals surface area (Å²) in [5.41, 5.74) is 0.611. The van der Waals surface area contributed by atoms with E-state index in [0.717, 1.165) is 12.5 Å². The maximum absolute atomic E-state index is 4.57. The van der Waals surface area contributed by atoms with Crippen molar-refractivity contribution in [2.24, 2.45) is 10.4 Å². The van der Waals surface area contributed by atoms with E-state index in [0.29, 0.717) is 11.5 Å². The maximum atomic E-state index is 4.57. The van der Waals surface area contributed by atoms with Crippen LogP contribution in [0.15, 0.2) is 4.99 Å². The van der Waals surface area contributed by atoms with Crippen molar-refractivity contribution in [1.82, 2.24) is 20.0 Å². The minimum Gasteiger partial charge on any atom is -0.355 e. The summed E-state index contributed by atoms with van der Waals surface area (Å²) < 4.78 is 0. The molecule has 2 saturated heterocycles. The highest BCUT2D eigenvalue weighted by atomic mass is 127. The van der Waals surface area contributed by atoms with E-state index in [9.17, 15) is 0 Å². The summed E-state index contributed by atoms with van der Waals surface area (Å²) in [5, 5.41) is 3.66. The summed E-state index contributed by atoms with van der Waals surface area (Å²) in [5.74, 6) is 1.12. The van der Waals surface area contributed by atoms with E-state index in [1.54, 1.807) is 0 Å². The van der Waals surface area contributed by atoms with Gasteiger partial charge in [-0.1, -0.05) is 19.8 Å². The third kappa shape index (κ3) is 5.22. The Labute approximate surface area is 171 Å². The molecule has 0 aromatic heterocycles. The van der Waals surface area contributed by atoms with E-state index in [4.69, 9.17) is 0 Å². The molecule has 0 aromatic rings. The van der Waals surface area contributed by atoms with Crippen molar-refractivity contribution in [3.63, 3.8) is 0 Å². The van der Waals surface area contributed by atoms with Crippen LogP contribution in [0, 0.1) is 5.41 Å². The molecule has 5 nitrogen and oxygen atoms in total. The fraction of sp³-hybridized carbons (Fsp3) is 0.947. The summed E-state index contributed by atoms with van der Waals surface area (Å²) in [4.78, 5) is 12.2. The van der Waals surface area contributed by atoms with Crippen LogP contribution in [0.25, 0.3) is 0 Å². The molecule has 0 aromatic carbocycles. The Hall–Kier alpha value is -0.0800. The molecule has 2 aliphatic heterocycles. The predicted molar refractivity (Wildman–Crippen MR) is 117 cm³/mol. The van der Waals surface area contributed by atoms with Crippen LogP contribution >= 0.6 is 24.0 Å². The standard InChI is InChI=1S/C19H37N5.HI/c1-4-22-11-13-23(14-12-22)17(2)15-21-18(20-3)24-10-9-19(16-24)7-5-6-8-19;/h17H,4-16H2,1-3H3,(H,20,21);1H. The fourth-order valence-corrected chi connectivity index (χ4v) is 4.87. The van der Waals surface area contributed by atoms with Crippen LogP contribution in [0.5, 0.6) is 0 Å². The zero-order chi connectivity index (χ0) is 17.0. The lowest BCUT2D eigenvalue weighted by atomic mass is 9.86. The van der Waals surface area contributed by atoms with Crippen LogP contribution in [0.3, 0.4) is 0 Å². The van der Waals surface area contributed by atoms with E-state index >= 15 is 0 Å². The Bertz CT molecular complexity index is 428. The molecule has 0 radical (unpaired) electrons. The second-order valence-electron chi connectivity index (χ2n) is 8.13. The van der Waals surface area contributed by atoms with Crippen LogP contribution in [-0.2, 0) is 0 Å². The number of rotatable bonds is 4. The van der Waals surface area contributed by atoms with Crippen LogP contribution < -0.4 is 5.32 Å². The number of likely N-dealkylation sites (N-methyl/N-ethyl adjacent to an activating group) is 1. The Balaban J connectivity index is 0.00000225. The van der Waals surface area contributed by atoms with Gasteiger partial charge in [0.15, 0.2) is 5.96 Å². The second-order valence-corrected chi connectivity index (χ2v) is 8.13. The maximum Gasteiger partial charge on any atom is 0.193 e. The quantitative estimate of drug-likeness (QED) is 0.395. The van der Waals surface area contributed by atoms with Gasteiger partial charge in [0.05, 0.1) is 0 Å². The first-order chi connectivity index (χ1) is 11.7. The molecule has 3 rings (SSSR count). The van der Waals surface area contributed by atoms with Crippen molar-refractivity contribution in [3.05, 3.63) is 0 Å². The van der Waals surface area contributed by atoms with Crippen LogP contribution in [0.1, 0.15) is 46.0 Å². The molecule has 3 aliphatic rings. The van der Waals surface area contributed by atoms with Gasteiger partial charge in [-0.05, 0) is 38.1 Å². The smallest absolute Gasteiger partial charge is 0.193 e. The molecule has 6 heteroatoms. The lowest BCUT2D eigenvalue weighted by molar-refractivity contribution is 0.107. The van der Waals surface area contributed by atoms with Gasteiger partial charge in [-0.2, -0.15) is 0 Å². The number of nitrogens with one attached hydrogen (secondary N) is 1. The molecule has 1 aliphatic carbocycles. The third-order valence-corrected chi connectivity index (χ3v) is 6.65. The van der Waals surface area contributed by atoms with Crippen molar-refractivity contribution < 1.29 is 0 Å². The normalized spacial score (nSPS) is 26.0. The minimum absolute atomic E-state index is 0. The topological polar surface area (TPSA) is 34.1 Å². The van der Waals surface area contributed by atoms with Crippen LogP contribution in [0.4, 0.5) is 0 Å². The van der Waals surface area contributed by atoms with Gasteiger partial charge in [-0.3, -0.25) is 9.89 Å². The monoisotopic (exact) mass is 463 g/mol. The van der Waals surface area contributed by atoms with E-state index in [1.165, 1.54) is 77.9 Å². The van der Waals surface area contributed by atoms with Crippen molar-refractivity contribution in [2.75, 3.05) is 59.4 Å². The van der Waals surface area contributed by atoms with Crippen molar-refractivity contribution in [3.8, 4) is 0 Å². The molecule has 146 valence electrons. The van der Waals surface area contributed by atoms with Gasteiger partial charge < -0.3 is 15.1 Å². The van der Waals surface area contributed by atoms with Crippen molar-refractivity contribution in [1.29, 1.82) is 0 Å². The number of halogens is 1. The number of guanidine groups is 1. The molecule has 3 fully saturated rings. The molecule has 2 heterocycles. The van der Waals surface area contributed by atoms with E-state index < -0.39 is 0 Å². The van der Waals surface area contributed by atoms with E-state index in [-0.39, 0.29) is 24.0 Å². The van der Waals surface area contributed by atoms with Gasteiger partial charge in [0.2, 0.25) is 0 Å². The molecule has 0 bridgehead atoms. The van der Waals surface area contributed by atoms with Gasteiger partial charge in [0, 0.05) is 58.9 Å². The fourth-order valence-electron chi connectivity index (χ4n) is 4.87. The van der Waals surface area contributed by atoms with Gasteiger partial charge in [0.1, 0.15) is 0 Å². The number of nitrogens with zero attached hydrogens (tertiary/aromatic N) is 4. The number of piperazine rings is 1. The van der Waals surface area contributed by atoms with Gasteiger partial charge in [-0.15, -0.1) is 24.0 Å². The van der Waals surface area contributed by atoms with Crippen LogP contribution in [0.2, 0.25) is 0 Å². The Kier molecular flexibility index (Phi) is 8.27. The highest BCUT2D eigenvalue weighted by molar-refractivity contribution is 14.0. The van der Waals surface area contributed by atoms with Gasteiger partial charge in [-0.25, -0.2) is 0 Å². The number of aliphatic imine (C=N–C) groups is 1. The molecular weight excluding hydrogens is 425 g/mol. The van der Waals surface area contributed by atoms with Crippen molar-refractivity contribution >= 4 is 29.9 Å². The average molecular weight is 463 g/mol. The Morgan fingerprint density at radius 2 is 1.76 bits per heavy atom. The first kappa shape index (κ1) is 21.2. The minimum atomic E-state index is 0. The summed E-state index contributed by atoms with van der Waals surface area (Å²) >= 11 is 0. The molecular formula is C19H38IN5. The molecule has 25 heavy (non-hydrogen) atoms. The third-order valence-electron chi connectivity index (χ3n) is 6.65. The highest BCUT2D eigenvalue weighted by Gasteiger charge is 2.41. The first-order valence-electron chi connectivity index (χ1n) is 10.1. The molecule has 1 N–H and O–H groups in total. The van der Waals surface area contributed by atoms with Gasteiger partial charge in [0.25, 0.3) is 0 Å². The number of hydrogen-bond acceptors (Lipinski definition) is 3. The zero-order valence-corrected chi connectivity index (χ0v) is 18.8. The number of likely N-dealkylation sites (tertiary alicyclic amines) is 1. The van der Waals surface area contributed by atoms with E-state index in [2.05, 4.69) is 38.9 Å². The summed E-state index contributed by atoms with van der Waals surface area (Å²) in [6.07, 6.45) is 7.08. The highest BCUT2D eigenvalue weighted by Crippen LogP contribution is 2.45. The SMILES string of the molecule is CCN1CCN(C(C)CNC(=NC)N2CCC3(CCCC3)C2)CC1.I. The second kappa shape index (κ2) is 9.74. The predicted octanol–water partition coefficient (Wildman–Crippen LogP) is 2.47. The number of hydrogen-bond donors (Lipinski definition) is 1. The zero-order valence-electron chi connectivity index (χ0n) is 16.5. The van der Waals surface area contributed by atoms with Gasteiger partial charge >= 0.3 is 0 Å². The van der Waals surface area contributed by atoms with Crippen molar-refractivity contribution in [2.45, 2.75) is 52.0 Å². The Morgan fingerprint density at radius 3 is 2.36 bits per heavy atom. The summed E-state index contributed by atoms with van der Waals surface area (Å²) in [6, 6.07) is 0.573. The molecule has 1 spiro atoms. The molecule has 0 amide bonds. The summed E-state index contributed by atoms with van der Waals surface area (Å²) in [6.45, 7) is 14.0. The lowest BCUT2D eigenvalue weighted by Crippen LogP contribution is -2.53.